The van der Waals surface area contributed by atoms with E-state index >= 15 is 0 Å². The summed E-state index contributed by atoms with van der Waals surface area (Å²) in [5, 5.41) is 3.52. The standard InChI is InChI=1S/C13H21NO2/c1-2-8-14-13(12-7-5-10-16-12)11-6-3-4-9-15-11/h5,7,10-11,13-14H,2-4,6,8-9H2,1H3. The molecule has 1 N–H and O–H groups in total. The lowest BCUT2D eigenvalue weighted by atomic mass is 10.00. The second-order valence-electron chi connectivity index (χ2n) is 4.35. The molecule has 2 unspecified atom stereocenters. The van der Waals surface area contributed by atoms with Crippen LogP contribution in [0.1, 0.15) is 44.4 Å². The Hall–Kier alpha value is -0.800. The highest BCUT2D eigenvalue weighted by atomic mass is 16.5. The van der Waals surface area contributed by atoms with Gasteiger partial charge in [-0.15, -0.1) is 0 Å². The first-order valence-corrected chi connectivity index (χ1v) is 6.30. The van der Waals surface area contributed by atoms with Gasteiger partial charge in [0.15, 0.2) is 0 Å². The van der Waals surface area contributed by atoms with Crippen molar-refractivity contribution in [3.8, 4) is 0 Å². The van der Waals surface area contributed by atoms with Crippen molar-refractivity contribution in [3.63, 3.8) is 0 Å². The van der Waals surface area contributed by atoms with Crippen LogP contribution in [0.5, 0.6) is 0 Å². The summed E-state index contributed by atoms with van der Waals surface area (Å²) in [5.41, 5.74) is 0. The highest BCUT2D eigenvalue weighted by molar-refractivity contribution is 5.07. The van der Waals surface area contributed by atoms with E-state index in [4.69, 9.17) is 9.15 Å². The van der Waals surface area contributed by atoms with Crippen LogP contribution in [0, 0.1) is 0 Å². The summed E-state index contributed by atoms with van der Waals surface area (Å²) >= 11 is 0. The molecule has 3 nitrogen and oxygen atoms in total. The van der Waals surface area contributed by atoms with Crippen LogP contribution in [0.2, 0.25) is 0 Å². The molecule has 1 aromatic heterocycles. The van der Waals surface area contributed by atoms with Crippen LogP contribution in [0.3, 0.4) is 0 Å². The molecule has 2 rings (SSSR count). The van der Waals surface area contributed by atoms with E-state index < -0.39 is 0 Å². The topological polar surface area (TPSA) is 34.4 Å². The van der Waals surface area contributed by atoms with Crippen molar-refractivity contribution in [3.05, 3.63) is 24.2 Å². The number of rotatable bonds is 5. The molecule has 1 fully saturated rings. The number of nitrogens with one attached hydrogen (secondary N) is 1. The quantitative estimate of drug-likeness (QED) is 0.833. The summed E-state index contributed by atoms with van der Waals surface area (Å²) in [7, 11) is 0. The number of hydrogen-bond donors (Lipinski definition) is 1. The highest BCUT2D eigenvalue weighted by Gasteiger charge is 2.27. The van der Waals surface area contributed by atoms with Crippen LogP contribution in [-0.2, 0) is 4.74 Å². The zero-order valence-corrected chi connectivity index (χ0v) is 9.95. The number of ether oxygens (including phenoxy) is 1. The molecule has 90 valence electrons. The Morgan fingerprint density at radius 3 is 3.06 bits per heavy atom. The lowest BCUT2D eigenvalue weighted by Gasteiger charge is -2.30. The Morgan fingerprint density at radius 2 is 2.44 bits per heavy atom. The Balaban J connectivity index is 2.01. The van der Waals surface area contributed by atoms with E-state index in [1.54, 1.807) is 6.26 Å². The second kappa shape index (κ2) is 6.06. The van der Waals surface area contributed by atoms with Gasteiger partial charge in [-0.25, -0.2) is 0 Å². The van der Waals surface area contributed by atoms with Crippen LogP contribution in [0.25, 0.3) is 0 Å². The molecular formula is C13H21NO2. The predicted octanol–water partition coefficient (Wildman–Crippen LogP) is 2.89. The molecule has 16 heavy (non-hydrogen) atoms. The smallest absolute Gasteiger partial charge is 0.123 e. The summed E-state index contributed by atoms with van der Waals surface area (Å²) in [5.74, 6) is 1.00. The van der Waals surface area contributed by atoms with Crippen molar-refractivity contribution in [1.82, 2.24) is 5.32 Å². The third kappa shape index (κ3) is 2.86. The number of furan rings is 1. The van der Waals surface area contributed by atoms with E-state index in [0.717, 1.165) is 31.8 Å². The van der Waals surface area contributed by atoms with Gasteiger partial charge >= 0.3 is 0 Å². The van der Waals surface area contributed by atoms with Crippen LogP contribution in [-0.4, -0.2) is 19.3 Å². The minimum absolute atomic E-state index is 0.218. The van der Waals surface area contributed by atoms with E-state index in [-0.39, 0.29) is 12.1 Å². The van der Waals surface area contributed by atoms with Gasteiger partial charge in [-0.05, 0) is 44.4 Å². The Morgan fingerprint density at radius 1 is 1.50 bits per heavy atom. The van der Waals surface area contributed by atoms with E-state index in [1.165, 1.54) is 12.8 Å². The first-order chi connectivity index (χ1) is 7.92. The largest absolute Gasteiger partial charge is 0.468 e. The van der Waals surface area contributed by atoms with E-state index in [9.17, 15) is 0 Å². The molecule has 0 spiro atoms. The van der Waals surface area contributed by atoms with Crippen LogP contribution in [0.4, 0.5) is 0 Å². The first kappa shape index (κ1) is 11.7. The summed E-state index contributed by atoms with van der Waals surface area (Å²) in [6.07, 6.45) is 6.71. The Bertz CT molecular complexity index is 278. The lowest BCUT2D eigenvalue weighted by Crippen LogP contribution is -2.36. The van der Waals surface area contributed by atoms with Crippen LogP contribution in [0.15, 0.2) is 22.8 Å². The van der Waals surface area contributed by atoms with Gasteiger partial charge in [0.2, 0.25) is 0 Å². The zero-order valence-electron chi connectivity index (χ0n) is 9.95. The maximum atomic E-state index is 5.84. The lowest BCUT2D eigenvalue weighted by molar-refractivity contribution is -0.0125. The SMILES string of the molecule is CCCNC(c1ccco1)C1CCCCO1. The van der Waals surface area contributed by atoms with Gasteiger partial charge in [0.1, 0.15) is 5.76 Å². The third-order valence-electron chi connectivity index (χ3n) is 3.05. The fourth-order valence-electron chi connectivity index (χ4n) is 2.21. The monoisotopic (exact) mass is 223 g/mol. The van der Waals surface area contributed by atoms with Crippen molar-refractivity contribution in [2.75, 3.05) is 13.2 Å². The maximum absolute atomic E-state index is 5.84. The summed E-state index contributed by atoms with van der Waals surface area (Å²) in [4.78, 5) is 0. The van der Waals surface area contributed by atoms with Crippen molar-refractivity contribution in [1.29, 1.82) is 0 Å². The number of hydrogen-bond acceptors (Lipinski definition) is 3. The highest BCUT2D eigenvalue weighted by Crippen LogP contribution is 2.26. The average molecular weight is 223 g/mol. The molecule has 1 saturated heterocycles. The maximum Gasteiger partial charge on any atom is 0.123 e. The minimum atomic E-state index is 0.218. The van der Waals surface area contributed by atoms with Gasteiger partial charge in [0.05, 0.1) is 18.4 Å². The van der Waals surface area contributed by atoms with Gasteiger partial charge < -0.3 is 14.5 Å². The van der Waals surface area contributed by atoms with Gasteiger partial charge in [-0.1, -0.05) is 6.92 Å². The van der Waals surface area contributed by atoms with Crippen molar-refractivity contribution < 1.29 is 9.15 Å². The molecule has 1 aliphatic rings. The van der Waals surface area contributed by atoms with Gasteiger partial charge in [-0.3, -0.25) is 0 Å². The van der Waals surface area contributed by atoms with Crippen LogP contribution >= 0.6 is 0 Å². The fraction of sp³-hybridized carbons (Fsp3) is 0.692. The molecule has 3 heteroatoms. The second-order valence-corrected chi connectivity index (χ2v) is 4.35. The third-order valence-corrected chi connectivity index (χ3v) is 3.05. The molecule has 0 amide bonds. The van der Waals surface area contributed by atoms with Crippen LogP contribution < -0.4 is 5.32 Å². The summed E-state index contributed by atoms with van der Waals surface area (Å²) in [6.45, 7) is 4.06. The first-order valence-electron chi connectivity index (χ1n) is 6.30. The van der Waals surface area contributed by atoms with Gasteiger partial charge in [0, 0.05) is 6.61 Å². The van der Waals surface area contributed by atoms with Gasteiger partial charge in [0.25, 0.3) is 0 Å². The molecule has 0 aromatic carbocycles. The molecule has 2 atom stereocenters. The minimum Gasteiger partial charge on any atom is -0.468 e. The molecule has 2 heterocycles. The Labute approximate surface area is 97.2 Å². The van der Waals surface area contributed by atoms with E-state index in [1.807, 2.05) is 12.1 Å². The predicted molar refractivity (Wildman–Crippen MR) is 63.3 cm³/mol. The molecule has 0 radical (unpaired) electrons. The summed E-state index contributed by atoms with van der Waals surface area (Å²) < 4.78 is 11.3. The molecule has 0 saturated carbocycles. The summed E-state index contributed by atoms with van der Waals surface area (Å²) in [6, 6.07) is 4.19. The molecular weight excluding hydrogens is 202 g/mol. The molecule has 1 aromatic rings. The molecule has 0 bridgehead atoms. The normalized spacial score (nSPS) is 23.2. The van der Waals surface area contributed by atoms with Crippen molar-refractivity contribution >= 4 is 0 Å². The Kier molecular flexibility index (Phi) is 4.43. The molecule has 1 aliphatic heterocycles. The van der Waals surface area contributed by atoms with Crippen molar-refractivity contribution in [2.45, 2.75) is 44.8 Å². The zero-order chi connectivity index (χ0) is 11.2. The fourth-order valence-corrected chi connectivity index (χ4v) is 2.21. The van der Waals surface area contributed by atoms with Crippen molar-refractivity contribution in [2.24, 2.45) is 0 Å². The van der Waals surface area contributed by atoms with E-state index in [0.29, 0.717) is 0 Å². The average Bonchev–Trinajstić information content (AvgIpc) is 2.85. The van der Waals surface area contributed by atoms with Gasteiger partial charge in [-0.2, -0.15) is 0 Å². The van der Waals surface area contributed by atoms with E-state index in [2.05, 4.69) is 12.2 Å². The molecule has 0 aliphatic carbocycles.